The third-order valence-electron chi connectivity index (χ3n) is 13.7. The van der Waals surface area contributed by atoms with Gasteiger partial charge in [0.2, 0.25) is 0 Å². The number of anilines is 5. The fourth-order valence-corrected chi connectivity index (χ4v) is 10.3. The molecule has 0 saturated heterocycles. The molecule has 298 valence electrons. The molecule has 0 spiro atoms. The van der Waals surface area contributed by atoms with Crippen molar-refractivity contribution in [2.24, 2.45) is 0 Å². The van der Waals surface area contributed by atoms with Crippen molar-refractivity contribution in [1.82, 2.24) is 0 Å². The van der Waals surface area contributed by atoms with E-state index in [9.17, 15) is 0 Å². The molecule has 60 heavy (non-hydrogen) atoms. The van der Waals surface area contributed by atoms with Crippen molar-refractivity contribution in [3.05, 3.63) is 173 Å². The van der Waals surface area contributed by atoms with Crippen molar-refractivity contribution in [2.75, 3.05) is 9.71 Å². The van der Waals surface area contributed by atoms with E-state index in [2.05, 4.69) is 231 Å². The van der Waals surface area contributed by atoms with Gasteiger partial charge in [0.1, 0.15) is 0 Å². The first-order valence-corrected chi connectivity index (χ1v) is 21.9. The first kappa shape index (κ1) is 38.4. The van der Waals surface area contributed by atoms with Gasteiger partial charge in [0, 0.05) is 39.3 Å². The van der Waals surface area contributed by atoms with E-state index in [0.29, 0.717) is 0 Å². The van der Waals surface area contributed by atoms with Crippen LogP contribution in [0.3, 0.4) is 0 Å². The maximum absolute atomic E-state index is 2.70. The maximum Gasteiger partial charge on any atom is 0.333 e. The van der Waals surface area contributed by atoms with E-state index in [4.69, 9.17) is 0 Å². The van der Waals surface area contributed by atoms with Gasteiger partial charge in [-0.05, 0) is 120 Å². The number of hydrogen-bond acceptors (Lipinski definition) is 2. The van der Waals surface area contributed by atoms with Crippen LogP contribution in [0, 0.1) is 0 Å². The largest absolute Gasteiger partial charge is 0.376 e. The van der Waals surface area contributed by atoms with Crippen LogP contribution in [0.2, 0.25) is 0 Å². The zero-order valence-corrected chi connectivity index (χ0v) is 37.3. The Bertz CT molecular complexity index is 2840. The van der Waals surface area contributed by atoms with Gasteiger partial charge in [0.25, 0.3) is 0 Å². The van der Waals surface area contributed by atoms with Gasteiger partial charge in [-0.2, -0.15) is 0 Å². The van der Waals surface area contributed by atoms with Crippen molar-refractivity contribution < 1.29 is 0 Å². The van der Waals surface area contributed by atoms with E-state index < -0.39 is 0 Å². The summed E-state index contributed by atoms with van der Waals surface area (Å²) in [5.41, 5.74) is 23.3. The van der Waals surface area contributed by atoms with Crippen LogP contribution in [0.25, 0.3) is 33.4 Å². The number of rotatable bonds is 3. The summed E-state index contributed by atoms with van der Waals surface area (Å²) in [7, 11) is 0. The second kappa shape index (κ2) is 13.1. The number of para-hydroxylation sites is 1. The summed E-state index contributed by atoms with van der Waals surface area (Å²) in [5, 5.41) is 0. The molecule has 0 amide bonds. The van der Waals surface area contributed by atoms with Crippen LogP contribution in [0.15, 0.2) is 146 Å². The summed E-state index contributed by atoms with van der Waals surface area (Å²) >= 11 is 0. The van der Waals surface area contributed by atoms with Crippen LogP contribution in [0.4, 0.5) is 28.4 Å². The normalized spacial score (nSPS) is 14.9. The third kappa shape index (κ3) is 5.76. The first-order chi connectivity index (χ1) is 28.4. The molecule has 3 heteroatoms. The molecule has 1 aliphatic carbocycles. The smallest absolute Gasteiger partial charge is 0.333 e. The highest BCUT2D eigenvalue weighted by molar-refractivity contribution is 6.94. The van der Waals surface area contributed by atoms with E-state index >= 15 is 0 Å². The molecule has 2 heterocycles. The molecule has 0 fully saturated rings. The SMILES string of the molecule is CC(C)(C)c1ccc(N2B3c4c(cc(C(C)(C)C)cc4N(c4ccccc4-c4ccccc4)c4ccc5c(c43)-c3ccccc3C5(C)C)-c3cc(C(C)(C)C)ccc32)cc1. The Morgan fingerprint density at radius 1 is 0.417 bits per heavy atom. The summed E-state index contributed by atoms with van der Waals surface area (Å²) in [5.74, 6) is 0. The van der Waals surface area contributed by atoms with Gasteiger partial charge in [-0.1, -0.05) is 179 Å². The molecule has 7 aromatic carbocycles. The van der Waals surface area contributed by atoms with E-state index in [0.717, 1.165) is 0 Å². The summed E-state index contributed by atoms with van der Waals surface area (Å²) in [4.78, 5) is 5.33. The van der Waals surface area contributed by atoms with Gasteiger partial charge in [0.05, 0.1) is 5.69 Å². The van der Waals surface area contributed by atoms with Crippen molar-refractivity contribution in [1.29, 1.82) is 0 Å². The lowest BCUT2D eigenvalue weighted by Crippen LogP contribution is -2.62. The molecule has 0 saturated carbocycles. The second-order valence-electron chi connectivity index (χ2n) is 21.1. The average molecular weight is 781 g/mol. The Balaban J connectivity index is 1.39. The van der Waals surface area contributed by atoms with Crippen LogP contribution < -0.4 is 20.6 Å². The molecule has 0 unspecified atom stereocenters. The Kier molecular flexibility index (Phi) is 8.39. The number of nitrogens with zero attached hydrogens (tertiary/aromatic N) is 2. The van der Waals surface area contributed by atoms with Gasteiger partial charge in [-0.25, -0.2) is 0 Å². The predicted molar refractivity (Wildman–Crippen MR) is 259 cm³/mol. The molecule has 0 N–H and O–H groups in total. The molecule has 0 bridgehead atoms. The molecule has 2 nitrogen and oxygen atoms in total. The van der Waals surface area contributed by atoms with Gasteiger partial charge >= 0.3 is 6.85 Å². The van der Waals surface area contributed by atoms with E-state index in [1.807, 2.05) is 0 Å². The summed E-state index contributed by atoms with van der Waals surface area (Å²) < 4.78 is 0. The molecule has 0 atom stereocenters. The third-order valence-corrected chi connectivity index (χ3v) is 13.7. The fourth-order valence-electron chi connectivity index (χ4n) is 10.3. The highest BCUT2D eigenvalue weighted by Gasteiger charge is 2.50. The Morgan fingerprint density at radius 3 is 1.68 bits per heavy atom. The van der Waals surface area contributed by atoms with Crippen molar-refractivity contribution in [3.8, 4) is 33.4 Å². The average Bonchev–Trinajstić information content (AvgIpc) is 3.45. The number of fused-ring (bicyclic) bond motifs is 8. The van der Waals surface area contributed by atoms with Crippen LogP contribution >= 0.6 is 0 Å². The van der Waals surface area contributed by atoms with E-state index in [-0.39, 0.29) is 28.5 Å². The Morgan fingerprint density at radius 2 is 1.00 bits per heavy atom. The van der Waals surface area contributed by atoms with E-state index in [1.165, 1.54) is 101 Å². The van der Waals surface area contributed by atoms with E-state index in [1.54, 1.807) is 0 Å². The molecular formula is C57H57BN2. The lowest BCUT2D eigenvalue weighted by molar-refractivity contribution is 0.589. The van der Waals surface area contributed by atoms with Crippen molar-refractivity contribution in [3.63, 3.8) is 0 Å². The molecular weight excluding hydrogens is 723 g/mol. The van der Waals surface area contributed by atoms with Gasteiger partial charge < -0.3 is 9.71 Å². The maximum atomic E-state index is 2.70. The quantitative estimate of drug-likeness (QED) is 0.165. The molecule has 0 radical (unpaired) electrons. The highest BCUT2D eigenvalue weighted by atomic mass is 15.2. The molecule has 7 aromatic rings. The lowest BCUT2D eigenvalue weighted by Gasteiger charge is -2.47. The minimum absolute atomic E-state index is 0.0177. The zero-order chi connectivity index (χ0) is 42.1. The van der Waals surface area contributed by atoms with Gasteiger partial charge in [-0.3, -0.25) is 0 Å². The van der Waals surface area contributed by atoms with Crippen LogP contribution in [0.5, 0.6) is 0 Å². The second-order valence-corrected chi connectivity index (χ2v) is 21.1. The highest BCUT2D eigenvalue weighted by Crippen LogP contribution is 2.55. The summed E-state index contributed by atoms with van der Waals surface area (Å²) in [6, 6.07) is 55.9. The monoisotopic (exact) mass is 780 g/mol. The standard InChI is InChI=1S/C57H57BN2/c1-54(2,3)37-25-28-40(29-26-37)60-48-31-27-38(55(4,5)6)33-43(48)44-34-39(56(7,8)9)35-50-52(44)58(60)53-49(32-30-46-51(53)42-22-15-17-23-45(42)57(46,10)11)59(50)47-24-18-16-21-41(47)36-19-13-12-14-20-36/h12-35H,1-11H3. The molecule has 0 aromatic heterocycles. The molecule has 2 aliphatic heterocycles. The van der Waals surface area contributed by atoms with Crippen molar-refractivity contribution >= 4 is 46.2 Å². The summed E-state index contributed by atoms with van der Waals surface area (Å²) in [6.45, 7) is 25.8. The van der Waals surface area contributed by atoms with Crippen LogP contribution in [0.1, 0.15) is 104 Å². The molecule has 10 rings (SSSR count). The van der Waals surface area contributed by atoms with Crippen molar-refractivity contribution in [2.45, 2.75) is 97.8 Å². The first-order valence-electron chi connectivity index (χ1n) is 21.9. The topological polar surface area (TPSA) is 6.48 Å². The lowest BCUT2D eigenvalue weighted by atomic mass is 9.42. The Labute approximate surface area is 359 Å². The minimum atomic E-state index is -0.152. The number of benzene rings is 7. The Hall–Kier alpha value is -5.80. The zero-order valence-electron chi connectivity index (χ0n) is 37.3. The van der Waals surface area contributed by atoms with Crippen LogP contribution in [-0.2, 0) is 21.7 Å². The molecule has 3 aliphatic rings. The van der Waals surface area contributed by atoms with Gasteiger partial charge in [-0.15, -0.1) is 0 Å². The number of hydrogen-bond donors (Lipinski definition) is 0. The predicted octanol–water partition coefficient (Wildman–Crippen LogP) is 14.3. The minimum Gasteiger partial charge on any atom is -0.376 e. The summed E-state index contributed by atoms with van der Waals surface area (Å²) in [6.07, 6.45) is 0. The van der Waals surface area contributed by atoms with Crippen LogP contribution in [-0.4, -0.2) is 6.85 Å². The fraction of sp³-hybridized carbons (Fsp3) is 0.263. The van der Waals surface area contributed by atoms with Gasteiger partial charge in [0.15, 0.2) is 0 Å².